The van der Waals surface area contributed by atoms with Crippen LogP contribution in [0.25, 0.3) is 10.8 Å². The lowest BCUT2D eigenvalue weighted by molar-refractivity contribution is 0.302. The highest BCUT2D eigenvalue weighted by atomic mass is 16.5. The average molecular weight is 319 g/mol. The van der Waals surface area contributed by atoms with Crippen molar-refractivity contribution in [1.82, 2.24) is 5.32 Å². The van der Waals surface area contributed by atoms with Gasteiger partial charge in [-0.05, 0) is 34.9 Å². The first-order valence-corrected chi connectivity index (χ1v) is 8.62. The lowest BCUT2D eigenvalue weighted by atomic mass is 10.0. The third-order valence-corrected chi connectivity index (χ3v) is 4.09. The Bertz CT molecular complexity index is 780. The lowest BCUT2D eigenvalue weighted by Crippen LogP contribution is -2.19. The molecule has 0 saturated carbocycles. The molecular formula is C22H25NO. The van der Waals surface area contributed by atoms with Gasteiger partial charge in [0.2, 0.25) is 0 Å². The minimum absolute atomic E-state index is 0.594. The number of hydrogen-bond acceptors (Lipinski definition) is 2. The van der Waals surface area contributed by atoms with Crippen molar-refractivity contribution in [3.05, 3.63) is 77.9 Å². The topological polar surface area (TPSA) is 21.3 Å². The predicted octanol–water partition coefficient (Wildman–Crippen LogP) is 5.16. The Hall–Kier alpha value is -2.32. The van der Waals surface area contributed by atoms with Crippen LogP contribution in [0.15, 0.2) is 66.7 Å². The van der Waals surface area contributed by atoms with Crippen molar-refractivity contribution < 1.29 is 4.74 Å². The summed E-state index contributed by atoms with van der Waals surface area (Å²) in [6.07, 6.45) is 0. The minimum atomic E-state index is 0.594. The zero-order valence-corrected chi connectivity index (χ0v) is 14.5. The minimum Gasteiger partial charge on any atom is -0.489 e. The molecule has 0 unspecified atom stereocenters. The first-order chi connectivity index (χ1) is 11.7. The summed E-state index contributed by atoms with van der Waals surface area (Å²) in [4.78, 5) is 0. The normalized spacial score (nSPS) is 11.1. The summed E-state index contributed by atoms with van der Waals surface area (Å²) in [6.45, 7) is 6.87. The van der Waals surface area contributed by atoms with Gasteiger partial charge in [-0.15, -0.1) is 0 Å². The van der Waals surface area contributed by atoms with Gasteiger partial charge in [0.05, 0.1) is 0 Å². The fraction of sp³-hybridized carbons (Fsp3) is 0.273. The van der Waals surface area contributed by atoms with Gasteiger partial charge in [-0.3, -0.25) is 0 Å². The van der Waals surface area contributed by atoms with Gasteiger partial charge in [0.25, 0.3) is 0 Å². The van der Waals surface area contributed by atoms with Crippen LogP contribution in [0.5, 0.6) is 5.75 Å². The summed E-state index contributed by atoms with van der Waals surface area (Å²) >= 11 is 0. The molecule has 0 bridgehead atoms. The van der Waals surface area contributed by atoms with Gasteiger partial charge in [0.15, 0.2) is 0 Å². The molecule has 0 aliphatic rings. The molecule has 0 atom stereocenters. The Morgan fingerprint density at radius 3 is 2.42 bits per heavy atom. The average Bonchev–Trinajstić information content (AvgIpc) is 2.61. The van der Waals surface area contributed by atoms with Crippen LogP contribution in [0.4, 0.5) is 0 Å². The summed E-state index contributed by atoms with van der Waals surface area (Å²) in [5, 5.41) is 6.07. The third kappa shape index (κ3) is 4.15. The monoisotopic (exact) mass is 319 g/mol. The molecule has 3 aromatic rings. The molecule has 0 aromatic heterocycles. The highest BCUT2D eigenvalue weighted by Crippen LogP contribution is 2.28. The van der Waals surface area contributed by atoms with E-state index in [0.717, 1.165) is 18.8 Å². The van der Waals surface area contributed by atoms with Crippen LogP contribution >= 0.6 is 0 Å². The van der Waals surface area contributed by atoms with Gasteiger partial charge in [-0.1, -0.05) is 74.5 Å². The molecule has 0 amide bonds. The Labute approximate surface area is 144 Å². The molecule has 3 rings (SSSR count). The SMILES string of the molecule is CC(C)CNCc1c(OCc2ccccc2)ccc2ccccc12. The quantitative estimate of drug-likeness (QED) is 0.649. The second-order valence-corrected chi connectivity index (χ2v) is 6.56. The predicted molar refractivity (Wildman–Crippen MR) is 101 cm³/mol. The number of nitrogens with one attached hydrogen (secondary N) is 1. The van der Waals surface area contributed by atoms with Crippen molar-refractivity contribution in [3.8, 4) is 5.75 Å². The van der Waals surface area contributed by atoms with E-state index in [9.17, 15) is 0 Å². The van der Waals surface area contributed by atoms with Gasteiger partial charge in [0, 0.05) is 12.1 Å². The summed E-state index contributed by atoms with van der Waals surface area (Å²) in [6, 6.07) is 23.1. The Morgan fingerprint density at radius 2 is 1.62 bits per heavy atom. The van der Waals surface area contributed by atoms with Crippen LogP contribution in [-0.2, 0) is 13.2 Å². The zero-order valence-electron chi connectivity index (χ0n) is 14.5. The van der Waals surface area contributed by atoms with Crippen molar-refractivity contribution >= 4 is 10.8 Å². The number of rotatable bonds is 7. The number of ether oxygens (including phenoxy) is 1. The molecule has 0 saturated heterocycles. The first-order valence-electron chi connectivity index (χ1n) is 8.62. The molecule has 0 heterocycles. The fourth-order valence-corrected chi connectivity index (χ4v) is 2.85. The van der Waals surface area contributed by atoms with E-state index in [1.165, 1.54) is 21.9 Å². The second-order valence-electron chi connectivity index (χ2n) is 6.56. The molecule has 0 aliphatic heterocycles. The molecule has 0 fully saturated rings. The van der Waals surface area contributed by atoms with Crippen molar-refractivity contribution in [2.24, 2.45) is 5.92 Å². The van der Waals surface area contributed by atoms with Gasteiger partial charge in [0.1, 0.15) is 12.4 Å². The van der Waals surface area contributed by atoms with Crippen LogP contribution in [-0.4, -0.2) is 6.54 Å². The number of benzene rings is 3. The molecule has 2 nitrogen and oxygen atoms in total. The van der Waals surface area contributed by atoms with Crippen molar-refractivity contribution in [2.75, 3.05) is 6.54 Å². The van der Waals surface area contributed by atoms with Gasteiger partial charge >= 0.3 is 0 Å². The van der Waals surface area contributed by atoms with E-state index >= 15 is 0 Å². The van der Waals surface area contributed by atoms with E-state index < -0.39 is 0 Å². The van der Waals surface area contributed by atoms with E-state index in [1.54, 1.807) is 0 Å². The Kier molecular flexibility index (Phi) is 5.50. The Morgan fingerprint density at radius 1 is 0.875 bits per heavy atom. The second kappa shape index (κ2) is 7.98. The highest BCUT2D eigenvalue weighted by molar-refractivity contribution is 5.87. The largest absolute Gasteiger partial charge is 0.489 e. The summed E-state index contributed by atoms with van der Waals surface area (Å²) in [5.41, 5.74) is 2.43. The molecule has 0 aliphatic carbocycles. The standard InChI is InChI=1S/C22H25NO/c1-17(2)14-23-15-21-20-11-7-6-10-19(20)12-13-22(21)24-16-18-8-4-3-5-9-18/h3-13,17,23H,14-16H2,1-2H3. The molecule has 2 heteroatoms. The molecule has 3 aromatic carbocycles. The zero-order chi connectivity index (χ0) is 16.8. The van der Waals surface area contributed by atoms with E-state index in [2.05, 4.69) is 67.7 Å². The summed E-state index contributed by atoms with van der Waals surface area (Å²) in [7, 11) is 0. The van der Waals surface area contributed by atoms with E-state index in [4.69, 9.17) is 4.74 Å². The Balaban J connectivity index is 1.85. The van der Waals surface area contributed by atoms with Crippen LogP contribution in [0, 0.1) is 5.92 Å². The molecule has 0 radical (unpaired) electrons. The lowest BCUT2D eigenvalue weighted by Gasteiger charge is -2.16. The maximum absolute atomic E-state index is 6.15. The summed E-state index contributed by atoms with van der Waals surface area (Å²) in [5.74, 6) is 1.60. The third-order valence-electron chi connectivity index (χ3n) is 4.09. The van der Waals surface area contributed by atoms with Gasteiger partial charge < -0.3 is 10.1 Å². The maximum Gasteiger partial charge on any atom is 0.124 e. The van der Waals surface area contributed by atoms with Gasteiger partial charge in [-0.2, -0.15) is 0 Å². The molecule has 24 heavy (non-hydrogen) atoms. The molecule has 1 N–H and O–H groups in total. The van der Waals surface area contributed by atoms with Crippen LogP contribution < -0.4 is 10.1 Å². The van der Waals surface area contributed by atoms with Crippen molar-refractivity contribution in [3.63, 3.8) is 0 Å². The highest BCUT2D eigenvalue weighted by Gasteiger charge is 2.09. The van der Waals surface area contributed by atoms with E-state index in [-0.39, 0.29) is 0 Å². The van der Waals surface area contributed by atoms with Crippen LogP contribution in [0.2, 0.25) is 0 Å². The van der Waals surface area contributed by atoms with Crippen LogP contribution in [0.1, 0.15) is 25.0 Å². The van der Waals surface area contributed by atoms with Crippen LogP contribution in [0.3, 0.4) is 0 Å². The van der Waals surface area contributed by atoms with E-state index in [0.29, 0.717) is 12.5 Å². The first kappa shape index (κ1) is 16.5. The van der Waals surface area contributed by atoms with Crippen molar-refractivity contribution in [2.45, 2.75) is 27.0 Å². The van der Waals surface area contributed by atoms with Gasteiger partial charge in [-0.25, -0.2) is 0 Å². The summed E-state index contributed by atoms with van der Waals surface area (Å²) < 4.78 is 6.15. The smallest absolute Gasteiger partial charge is 0.124 e. The van der Waals surface area contributed by atoms with Crippen molar-refractivity contribution in [1.29, 1.82) is 0 Å². The number of hydrogen-bond donors (Lipinski definition) is 1. The molecular weight excluding hydrogens is 294 g/mol. The molecule has 0 spiro atoms. The fourth-order valence-electron chi connectivity index (χ4n) is 2.85. The number of fused-ring (bicyclic) bond motifs is 1. The maximum atomic E-state index is 6.15. The van der Waals surface area contributed by atoms with E-state index in [1.807, 2.05) is 18.2 Å². The molecule has 124 valence electrons.